The first-order chi connectivity index (χ1) is 5.76. The molecule has 0 aliphatic carbocycles. The van der Waals surface area contributed by atoms with Crippen LogP contribution in [0.4, 0.5) is 0 Å². The van der Waals surface area contributed by atoms with Gasteiger partial charge < -0.3 is 10.2 Å². The summed E-state index contributed by atoms with van der Waals surface area (Å²) in [6.07, 6.45) is 2.23. The highest BCUT2D eigenvalue weighted by Crippen LogP contribution is 2.03. The van der Waals surface area contributed by atoms with E-state index in [1.807, 2.05) is 11.8 Å². The Morgan fingerprint density at radius 1 is 1.33 bits per heavy atom. The van der Waals surface area contributed by atoms with Crippen LogP contribution >= 0.6 is 0 Å². The van der Waals surface area contributed by atoms with Gasteiger partial charge in [0.05, 0.1) is 0 Å². The molecule has 3 nitrogen and oxygen atoms in total. The van der Waals surface area contributed by atoms with Crippen molar-refractivity contribution in [1.29, 1.82) is 0 Å². The molecule has 0 rings (SSSR count). The van der Waals surface area contributed by atoms with E-state index in [0.29, 0.717) is 0 Å². The standard InChI is InChI=1S/C9H21NO2/c1-3-6-9(12)10(4-2)7-5-8-11/h9,11-12H,3-8H2,1-2H3. The number of aliphatic hydroxyl groups excluding tert-OH is 2. The van der Waals surface area contributed by atoms with E-state index in [4.69, 9.17) is 5.11 Å². The smallest absolute Gasteiger partial charge is 0.107 e. The number of hydrogen-bond acceptors (Lipinski definition) is 3. The second kappa shape index (κ2) is 7.53. The first-order valence-electron chi connectivity index (χ1n) is 4.79. The van der Waals surface area contributed by atoms with Gasteiger partial charge in [0.2, 0.25) is 0 Å². The Balaban J connectivity index is 3.62. The minimum absolute atomic E-state index is 0.204. The van der Waals surface area contributed by atoms with Crippen molar-refractivity contribution >= 4 is 0 Å². The molecule has 0 heterocycles. The summed E-state index contributed by atoms with van der Waals surface area (Å²) >= 11 is 0. The third kappa shape index (κ3) is 4.70. The summed E-state index contributed by atoms with van der Waals surface area (Å²) in [6.45, 7) is 5.92. The fraction of sp³-hybridized carbons (Fsp3) is 1.00. The molecule has 74 valence electrons. The van der Waals surface area contributed by atoms with Gasteiger partial charge in [0.1, 0.15) is 6.23 Å². The van der Waals surface area contributed by atoms with Crippen molar-refractivity contribution in [2.45, 2.75) is 39.3 Å². The summed E-state index contributed by atoms with van der Waals surface area (Å²) in [4.78, 5) is 1.99. The van der Waals surface area contributed by atoms with E-state index in [2.05, 4.69) is 6.92 Å². The molecule has 2 N–H and O–H groups in total. The maximum absolute atomic E-state index is 9.58. The van der Waals surface area contributed by atoms with Gasteiger partial charge in [-0.3, -0.25) is 4.90 Å². The van der Waals surface area contributed by atoms with Gasteiger partial charge in [0.25, 0.3) is 0 Å². The summed E-state index contributed by atoms with van der Waals surface area (Å²) in [5.74, 6) is 0. The molecule has 0 aromatic heterocycles. The number of nitrogens with zero attached hydrogens (tertiary/aromatic N) is 1. The molecule has 0 radical (unpaired) electrons. The molecule has 0 amide bonds. The molecule has 0 aliphatic rings. The zero-order valence-corrected chi connectivity index (χ0v) is 8.16. The quantitative estimate of drug-likeness (QED) is 0.563. The van der Waals surface area contributed by atoms with Gasteiger partial charge in [-0.05, 0) is 19.4 Å². The van der Waals surface area contributed by atoms with E-state index in [0.717, 1.165) is 32.4 Å². The van der Waals surface area contributed by atoms with E-state index in [-0.39, 0.29) is 12.8 Å². The second-order valence-corrected chi connectivity index (χ2v) is 2.98. The van der Waals surface area contributed by atoms with Gasteiger partial charge in [-0.2, -0.15) is 0 Å². The van der Waals surface area contributed by atoms with Crippen molar-refractivity contribution < 1.29 is 10.2 Å². The lowest BCUT2D eigenvalue weighted by molar-refractivity contribution is -0.00230. The van der Waals surface area contributed by atoms with Gasteiger partial charge in [0, 0.05) is 13.2 Å². The zero-order valence-electron chi connectivity index (χ0n) is 8.16. The van der Waals surface area contributed by atoms with Crippen LogP contribution in [0.25, 0.3) is 0 Å². The van der Waals surface area contributed by atoms with Crippen LogP contribution in [0.2, 0.25) is 0 Å². The minimum atomic E-state index is -0.327. The molecular formula is C9H21NO2. The van der Waals surface area contributed by atoms with Gasteiger partial charge in [-0.15, -0.1) is 0 Å². The van der Waals surface area contributed by atoms with Crippen LogP contribution in [-0.2, 0) is 0 Å². The topological polar surface area (TPSA) is 43.7 Å². The lowest BCUT2D eigenvalue weighted by Crippen LogP contribution is -2.36. The second-order valence-electron chi connectivity index (χ2n) is 2.98. The Morgan fingerprint density at radius 2 is 2.00 bits per heavy atom. The van der Waals surface area contributed by atoms with Crippen molar-refractivity contribution in [3.05, 3.63) is 0 Å². The first-order valence-corrected chi connectivity index (χ1v) is 4.79. The lowest BCUT2D eigenvalue weighted by atomic mass is 10.2. The number of aliphatic hydroxyl groups is 2. The molecule has 0 aromatic rings. The van der Waals surface area contributed by atoms with Crippen LogP contribution in [0.15, 0.2) is 0 Å². The fourth-order valence-electron chi connectivity index (χ4n) is 1.23. The summed E-state index contributed by atoms with van der Waals surface area (Å²) in [6, 6.07) is 0. The van der Waals surface area contributed by atoms with Gasteiger partial charge in [-0.1, -0.05) is 20.3 Å². The third-order valence-corrected chi connectivity index (χ3v) is 1.98. The average Bonchev–Trinajstić information content (AvgIpc) is 2.06. The van der Waals surface area contributed by atoms with Crippen molar-refractivity contribution in [3.63, 3.8) is 0 Å². The number of hydrogen-bond donors (Lipinski definition) is 2. The Morgan fingerprint density at radius 3 is 2.42 bits per heavy atom. The average molecular weight is 175 g/mol. The van der Waals surface area contributed by atoms with Gasteiger partial charge in [-0.25, -0.2) is 0 Å². The number of rotatable bonds is 7. The highest BCUT2D eigenvalue weighted by molar-refractivity contribution is 4.59. The van der Waals surface area contributed by atoms with Crippen molar-refractivity contribution in [1.82, 2.24) is 4.90 Å². The van der Waals surface area contributed by atoms with Crippen molar-refractivity contribution in [2.24, 2.45) is 0 Å². The Hall–Kier alpha value is -0.120. The summed E-state index contributed by atoms with van der Waals surface area (Å²) < 4.78 is 0. The highest BCUT2D eigenvalue weighted by Gasteiger charge is 2.11. The van der Waals surface area contributed by atoms with Crippen LogP contribution in [-0.4, -0.2) is 41.0 Å². The Labute approximate surface area is 75.0 Å². The zero-order chi connectivity index (χ0) is 9.40. The Bertz CT molecular complexity index is 98.5. The van der Waals surface area contributed by atoms with E-state index in [9.17, 15) is 5.11 Å². The molecule has 1 atom stereocenters. The molecule has 0 aromatic carbocycles. The normalized spacial score (nSPS) is 13.8. The fourth-order valence-corrected chi connectivity index (χ4v) is 1.23. The first kappa shape index (κ1) is 11.9. The summed E-state index contributed by atoms with van der Waals surface area (Å²) in [7, 11) is 0. The predicted molar refractivity (Wildman–Crippen MR) is 49.9 cm³/mol. The van der Waals surface area contributed by atoms with Gasteiger partial charge >= 0.3 is 0 Å². The van der Waals surface area contributed by atoms with E-state index in [1.54, 1.807) is 0 Å². The summed E-state index contributed by atoms with van der Waals surface area (Å²) in [5.41, 5.74) is 0. The molecule has 12 heavy (non-hydrogen) atoms. The van der Waals surface area contributed by atoms with Crippen molar-refractivity contribution in [3.8, 4) is 0 Å². The van der Waals surface area contributed by atoms with Crippen LogP contribution in [0, 0.1) is 0 Å². The SMILES string of the molecule is CCCC(O)N(CC)CCCO. The monoisotopic (exact) mass is 175 g/mol. The van der Waals surface area contributed by atoms with Crippen LogP contribution in [0.3, 0.4) is 0 Å². The molecular weight excluding hydrogens is 154 g/mol. The highest BCUT2D eigenvalue weighted by atomic mass is 16.3. The molecule has 0 spiro atoms. The Kier molecular flexibility index (Phi) is 7.45. The molecule has 3 heteroatoms. The maximum atomic E-state index is 9.58. The molecule has 0 bridgehead atoms. The van der Waals surface area contributed by atoms with Gasteiger partial charge in [0.15, 0.2) is 0 Å². The molecule has 0 fully saturated rings. The van der Waals surface area contributed by atoms with E-state index in [1.165, 1.54) is 0 Å². The molecule has 1 unspecified atom stereocenters. The molecule has 0 aliphatic heterocycles. The molecule has 0 saturated heterocycles. The largest absolute Gasteiger partial charge is 0.396 e. The van der Waals surface area contributed by atoms with E-state index >= 15 is 0 Å². The minimum Gasteiger partial charge on any atom is -0.396 e. The lowest BCUT2D eigenvalue weighted by Gasteiger charge is -2.25. The summed E-state index contributed by atoms with van der Waals surface area (Å²) in [5, 5.41) is 18.2. The van der Waals surface area contributed by atoms with Crippen LogP contribution < -0.4 is 0 Å². The van der Waals surface area contributed by atoms with E-state index < -0.39 is 0 Å². The maximum Gasteiger partial charge on any atom is 0.107 e. The van der Waals surface area contributed by atoms with Crippen LogP contribution in [0.5, 0.6) is 0 Å². The van der Waals surface area contributed by atoms with Crippen molar-refractivity contribution in [2.75, 3.05) is 19.7 Å². The third-order valence-electron chi connectivity index (χ3n) is 1.98. The molecule has 0 saturated carbocycles. The van der Waals surface area contributed by atoms with Crippen LogP contribution in [0.1, 0.15) is 33.1 Å². The predicted octanol–water partition coefficient (Wildman–Crippen LogP) is 0.809.